The summed E-state index contributed by atoms with van der Waals surface area (Å²) in [5, 5.41) is 17.7. The Hall–Kier alpha value is -1.64. The number of sulfonamides is 1. The molecule has 118 valence electrons. The first-order valence-electron chi connectivity index (χ1n) is 6.30. The zero-order valence-corrected chi connectivity index (χ0v) is 12.8. The molecule has 0 amide bonds. The second-order valence-corrected chi connectivity index (χ2v) is 6.50. The highest BCUT2D eigenvalue weighted by atomic mass is 32.2. The fraction of sp³-hybridized carbons (Fsp3) is 0.462. The molecule has 0 saturated carbocycles. The van der Waals surface area contributed by atoms with Gasteiger partial charge in [-0.3, -0.25) is 4.79 Å². The number of aryl methyl sites for hydroxylation is 1. The van der Waals surface area contributed by atoms with Crippen LogP contribution in [0.1, 0.15) is 19.4 Å². The van der Waals surface area contributed by atoms with Gasteiger partial charge in [0.05, 0.1) is 17.6 Å². The number of aliphatic hydroxyl groups excluding tert-OH is 1. The highest BCUT2D eigenvalue weighted by molar-refractivity contribution is 7.89. The quantitative estimate of drug-likeness (QED) is 0.675. The Morgan fingerprint density at radius 2 is 2.00 bits per heavy atom. The van der Waals surface area contributed by atoms with Gasteiger partial charge in [-0.05, 0) is 44.5 Å². The van der Waals surface area contributed by atoms with E-state index >= 15 is 0 Å². The Kier molecular flexibility index (Phi) is 5.70. The molecule has 1 atom stereocenters. The summed E-state index contributed by atoms with van der Waals surface area (Å²) in [6.07, 6.45) is -0.0462. The SMILES string of the molecule is Cc1cc(S(=O)(=O)N[C@H](CO)C(=O)O)ccc1OC(C)C. The number of nitrogens with one attached hydrogen (secondary N) is 1. The molecule has 0 bridgehead atoms. The minimum Gasteiger partial charge on any atom is -0.491 e. The minimum absolute atomic E-state index is 0.0462. The van der Waals surface area contributed by atoms with E-state index in [-0.39, 0.29) is 11.0 Å². The van der Waals surface area contributed by atoms with Crippen LogP contribution in [-0.2, 0) is 14.8 Å². The zero-order chi connectivity index (χ0) is 16.2. The molecule has 7 nitrogen and oxygen atoms in total. The van der Waals surface area contributed by atoms with E-state index < -0.39 is 28.6 Å². The van der Waals surface area contributed by atoms with E-state index in [1.807, 2.05) is 18.6 Å². The second kappa shape index (κ2) is 6.88. The average molecular weight is 317 g/mol. The highest BCUT2D eigenvalue weighted by Crippen LogP contribution is 2.22. The Bertz CT molecular complexity index is 611. The third-order valence-electron chi connectivity index (χ3n) is 2.60. The Morgan fingerprint density at radius 1 is 1.38 bits per heavy atom. The topological polar surface area (TPSA) is 113 Å². The first-order chi connectivity index (χ1) is 9.67. The smallest absolute Gasteiger partial charge is 0.324 e. The molecular formula is C13H19NO6S. The van der Waals surface area contributed by atoms with E-state index in [4.69, 9.17) is 14.9 Å². The summed E-state index contributed by atoms with van der Waals surface area (Å²) in [4.78, 5) is 10.7. The molecule has 0 saturated heterocycles. The van der Waals surface area contributed by atoms with Gasteiger partial charge in [-0.25, -0.2) is 8.42 Å². The molecule has 0 fully saturated rings. The normalized spacial score (nSPS) is 13.2. The fourth-order valence-electron chi connectivity index (χ4n) is 1.60. The lowest BCUT2D eigenvalue weighted by atomic mass is 10.2. The highest BCUT2D eigenvalue weighted by Gasteiger charge is 2.25. The molecule has 0 heterocycles. The maximum atomic E-state index is 12.1. The molecular weight excluding hydrogens is 298 g/mol. The third kappa shape index (κ3) is 4.69. The van der Waals surface area contributed by atoms with Crippen LogP contribution >= 0.6 is 0 Å². The lowest BCUT2D eigenvalue weighted by molar-refractivity contribution is -0.139. The van der Waals surface area contributed by atoms with Crippen LogP contribution in [0.15, 0.2) is 23.1 Å². The molecule has 0 unspecified atom stereocenters. The van der Waals surface area contributed by atoms with E-state index in [1.54, 1.807) is 6.92 Å². The van der Waals surface area contributed by atoms with Crippen molar-refractivity contribution in [1.82, 2.24) is 4.72 Å². The number of aliphatic hydroxyl groups is 1. The molecule has 1 aromatic carbocycles. The molecule has 0 radical (unpaired) electrons. The Balaban J connectivity index is 3.04. The first kappa shape index (κ1) is 17.4. The van der Waals surface area contributed by atoms with Crippen molar-refractivity contribution < 1.29 is 28.2 Å². The van der Waals surface area contributed by atoms with E-state index in [0.717, 1.165) is 0 Å². The number of hydrogen-bond acceptors (Lipinski definition) is 5. The van der Waals surface area contributed by atoms with Crippen LogP contribution in [-0.4, -0.2) is 43.4 Å². The third-order valence-corrected chi connectivity index (χ3v) is 4.07. The molecule has 0 aromatic heterocycles. The zero-order valence-electron chi connectivity index (χ0n) is 12.0. The molecule has 1 rings (SSSR count). The summed E-state index contributed by atoms with van der Waals surface area (Å²) in [6.45, 7) is 4.56. The molecule has 0 aliphatic carbocycles. The molecule has 0 spiro atoms. The second-order valence-electron chi connectivity index (χ2n) is 4.79. The summed E-state index contributed by atoms with van der Waals surface area (Å²) < 4.78 is 31.6. The van der Waals surface area contributed by atoms with Crippen LogP contribution in [0.4, 0.5) is 0 Å². The van der Waals surface area contributed by atoms with E-state index in [0.29, 0.717) is 11.3 Å². The van der Waals surface area contributed by atoms with Gasteiger partial charge in [-0.2, -0.15) is 4.72 Å². The van der Waals surface area contributed by atoms with Gasteiger partial charge in [-0.1, -0.05) is 0 Å². The van der Waals surface area contributed by atoms with E-state index in [9.17, 15) is 13.2 Å². The van der Waals surface area contributed by atoms with Crippen molar-refractivity contribution in [3.63, 3.8) is 0 Å². The standard InChI is InChI=1S/C13H19NO6S/c1-8(2)20-12-5-4-10(6-9(12)3)21(18,19)14-11(7-15)13(16)17/h4-6,8,11,14-15H,7H2,1-3H3,(H,16,17)/t11-/m1/s1. The van der Waals surface area contributed by atoms with Gasteiger partial charge >= 0.3 is 5.97 Å². The average Bonchev–Trinajstić information content (AvgIpc) is 2.37. The van der Waals surface area contributed by atoms with Gasteiger partial charge in [0.25, 0.3) is 0 Å². The van der Waals surface area contributed by atoms with Crippen LogP contribution in [0.25, 0.3) is 0 Å². The van der Waals surface area contributed by atoms with Crippen molar-refractivity contribution in [2.45, 2.75) is 37.8 Å². The van der Waals surface area contributed by atoms with Gasteiger partial charge in [0, 0.05) is 0 Å². The molecule has 21 heavy (non-hydrogen) atoms. The monoisotopic (exact) mass is 317 g/mol. The summed E-state index contributed by atoms with van der Waals surface area (Å²) in [5.41, 5.74) is 0.613. The summed E-state index contributed by atoms with van der Waals surface area (Å²) >= 11 is 0. The van der Waals surface area contributed by atoms with Crippen molar-refractivity contribution in [3.05, 3.63) is 23.8 Å². The fourth-order valence-corrected chi connectivity index (χ4v) is 2.86. The minimum atomic E-state index is -4.03. The predicted octanol–water partition coefficient (Wildman–Crippen LogP) is 0.506. The maximum absolute atomic E-state index is 12.1. The van der Waals surface area contributed by atoms with Crippen LogP contribution in [0.2, 0.25) is 0 Å². The van der Waals surface area contributed by atoms with Crippen LogP contribution in [0.5, 0.6) is 5.75 Å². The lowest BCUT2D eigenvalue weighted by Crippen LogP contribution is -2.43. The maximum Gasteiger partial charge on any atom is 0.324 e. The van der Waals surface area contributed by atoms with Crippen LogP contribution < -0.4 is 9.46 Å². The van der Waals surface area contributed by atoms with Gasteiger partial charge < -0.3 is 14.9 Å². The van der Waals surface area contributed by atoms with Crippen LogP contribution in [0, 0.1) is 6.92 Å². The van der Waals surface area contributed by atoms with Gasteiger partial charge in [0.1, 0.15) is 11.8 Å². The Labute approximate surface area is 123 Å². The molecule has 3 N–H and O–H groups in total. The predicted molar refractivity (Wildman–Crippen MR) is 75.8 cm³/mol. The molecule has 8 heteroatoms. The van der Waals surface area contributed by atoms with Crippen molar-refractivity contribution in [2.75, 3.05) is 6.61 Å². The van der Waals surface area contributed by atoms with Gasteiger partial charge in [0.2, 0.25) is 10.0 Å². The van der Waals surface area contributed by atoms with E-state index in [2.05, 4.69) is 0 Å². The van der Waals surface area contributed by atoms with Gasteiger partial charge in [0.15, 0.2) is 0 Å². The van der Waals surface area contributed by atoms with Crippen LogP contribution in [0.3, 0.4) is 0 Å². The number of carboxylic acid groups (broad SMARTS) is 1. The summed E-state index contributed by atoms with van der Waals surface area (Å²) in [7, 11) is -4.03. The van der Waals surface area contributed by atoms with Crippen molar-refractivity contribution >= 4 is 16.0 Å². The number of carboxylic acids is 1. The first-order valence-corrected chi connectivity index (χ1v) is 7.79. The summed E-state index contributed by atoms with van der Waals surface area (Å²) in [6, 6.07) is 2.64. The lowest BCUT2D eigenvalue weighted by Gasteiger charge is -2.15. The molecule has 0 aliphatic rings. The summed E-state index contributed by atoms with van der Waals surface area (Å²) in [5.74, 6) is -0.890. The van der Waals surface area contributed by atoms with Crippen molar-refractivity contribution in [2.24, 2.45) is 0 Å². The van der Waals surface area contributed by atoms with Crippen molar-refractivity contribution in [3.8, 4) is 5.75 Å². The van der Waals surface area contributed by atoms with Gasteiger partial charge in [-0.15, -0.1) is 0 Å². The largest absolute Gasteiger partial charge is 0.491 e. The number of carbonyl (C=O) groups is 1. The molecule has 1 aromatic rings. The van der Waals surface area contributed by atoms with E-state index in [1.165, 1.54) is 18.2 Å². The van der Waals surface area contributed by atoms with Crippen molar-refractivity contribution in [1.29, 1.82) is 0 Å². The number of rotatable bonds is 7. The number of aliphatic carboxylic acids is 1. The Morgan fingerprint density at radius 3 is 2.43 bits per heavy atom. The number of benzene rings is 1. The number of ether oxygens (including phenoxy) is 1. The number of hydrogen-bond donors (Lipinski definition) is 3. The molecule has 0 aliphatic heterocycles.